The molecule has 9 nitrogen and oxygen atoms in total. The summed E-state index contributed by atoms with van der Waals surface area (Å²) in [4.78, 5) is 19.2. The maximum Gasteiger partial charge on any atom is 0.417 e. The SMILES string of the molecule is COC1C(CN(CCCCc2nc3cc(Cl)c(C(F)(F)F)cc3[nH]2)C(C)C)CC(n2ccc3c(NC4CC4)ncnc32)C1OC. The standard InChI is InChI=1S/C32H41ClF3N7O2/c1-18(2)42(11-6-5-7-27-40-24-14-22(32(34,35)36)23(33)15-25(24)41-27)16-19-13-26(29(45-4)28(19)44-3)43-12-10-21-30(39-20-8-9-20)37-17-38-31(21)43/h10,12,14-15,17-20,26,28-29H,5-9,11,13,16H2,1-4H3,(H,40,41)(H,37,38,39). The monoisotopic (exact) mass is 647 g/mol. The summed E-state index contributed by atoms with van der Waals surface area (Å²) in [5.74, 6) is 1.80. The van der Waals surface area contributed by atoms with E-state index in [-0.39, 0.29) is 29.2 Å². The quantitative estimate of drug-likeness (QED) is 0.153. The van der Waals surface area contributed by atoms with E-state index in [9.17, 15) is 13.2 Å². The second-order valence-corrected chi connectivity index (χ2v) is 13.0. The Morgan fingerprint density at radius 1 is 1.13 bits per heavy atom. The molecule has 4 atom stereocenters. The van der Waals surface area contributed by atoms with Gasteiger partial charge in [0.1, 0.15) is 29.7 Å². The van der Waals surface area contributed by atoms with Gasteiger partial charge in [-0.3, -0.25) is 0 Å². The van der Waals surface area contributed by atoms with Crippen LogP contribution in [-0.2, 0) is 22.1 Å². The number of nitrogens with zero attached hydrogens (tertiary/aromatic N) is 5. The summed E-state index contributed by atoms with van der Waals surface area (Å²) in [6.07, 6.45) is 4.65. The Balaban J connectivity index is 1.10. The van der Waals surface area contributed by atoms with Gasteiger partial charge in [0.15, 0.2) is 0 Å². The number of hydrogen-bond donors (Lipinski definition) is 2. The molecule has 4 aromatic rings. The summed E-state index contributed by atoms with van der Waals surface area (Å²) in [5.41, 5.74) is 0.835. The van der Waals surface area contributed by atoms with Crippen molar-refractivity contribution in [3.05, 3.63) is 47.1 Å². The van der Waals surface area contributed by atoms with Crippen molar-refractivity contribution in [3.63, 3.8) is 0 Å². The van der Waals surface area contributed by atoms with Gasteiger partial charge in [-0.25, -0.2) is 15.0 Å². The third kappa shape index (κ3) is 6.79. The lowest BCUT2D eigenvalue weighted by molar-refractivity contribution is -0.137. The number of halogens is 4. The summed E-state index contributed by atoms with van der Waals surface area (Å²) < 4.78 is 54.2. The van der Waals surface area contributed by atoms with Gasteiger partial charge < -0.3 is 29.2 Å². The molecule has 3 aromatic heterocycles. The number of rotatable bonds is 13. The number of nitrogens with one attached hydrogen (secondary N) is 2. The highest BCUT2D eigenvalue weighted by atomic mass is 35.5. The Hall–Kier alpha value is -2.93. The molecular weight excluding hydrogens is 607 g/mol. The van der Waals surface area contributed by atoms with Gasteiger partial charge in [-0.15, -0.1) is 0 Å². The van der Waals surface area contributed by atoms with E-state index in [1.54, 1.807) is 20.5 Å². The van der Waals surface area contributed by atoms with Crippen LogP contribution < -0.4 is 5.32 Å². The number of unbranched alkanes of at least 4 members (excludes halogenated alkanes) is 1. The minimum Gasteiger partial charge on any atom is -0.378 e. The number of aromatic nitrogens is 5. The second-order valence-electron chi connectivity index (χ2n) is 12.6. The molecule has 45 heavy (non-hydrogen) atoms. The highest BCUT2D eigenvalue weighted by Gasteiger charge is 2.46. The van der Waals surface area contributed by atoms with Crippen molar-refractivity contribution in [2.24, 2.45) is 5.92 Å². The number of hydrogen-bond acceptors (Lipinski definition) is 7. The van der Waals surface area contributed by atoms with Crippen LogP contribution in [0.5, 0.6) is 0 Å². The lowest BCUT2D eigenvalue weighted by Crippen LogP contribution is -2.41. The molecule has 0 spiro atoms. The van der Waals surface area contributed by atoms with Gasteiger partial charge in [-0.05, 0) is 70.7 Å². The Morgan fingerprint density at radius 3 is 2.60 bits per heavy atom. The molecule has 13 heteroatoms. The van der Waals surface area contributed by atoms with Gasteiger partial charge in [0.2, 0.25) is 0 Å². The first kappa shape index (κ1) is 32.0. The van der Waals surface area contributed by atoms with Crippen LogP contribution in [0.15, 0.2) is 30.7 Å². The number of methoxy groups -OCH3 is 2. The molecule has 0 amide bonds. The fourth-order valence-corrected chi connectivity index (χ4v) is 7.06. The van der Waals surface area contributed by atoms with Gasteiger partial charge in [0, 0.05) is 51.4 Å². The molecule has 1 aromatic carbocycles. The molecule has 0 saturated heterocycles. The highest BCUT2D eigenvalue weighted by Crippen LogP contribution is 2.42. The largest absolute Gasteiger partial charge is 0.417 e. The number of benzene rings is 1. The lowest BCUT2D eigenvalue weighted by atomic mass is 10.0. The molecule has 4 unspecified atom stereocenters. The first-order valence-electron chi connectivity index (χ1n) is 15.7. The lowest BCUT2D eigenvalue weighted by Gasteiger charge is -2.32. The minimum absolute atomic E-state index is 0.0691. The Kier molecular flexibility index (Phi) is 9.29. The molecular formula is C32H41ClF3N7O2. The number of fused-ring (bicyclic) bond motifs is 2. The van der Waals surface area contributed by atoms with E-state index in [0.717, 1.165) is 55.3 Å². The first-order chi connectivity index (χ1) is 21.6. The van der Waals surface area contributed by atoms with E-state index < -0.39 is 11.7 Å². The zero-order valence-electron chi connectivity index (χ0n) is 26.1. The van der Waals surface area contributed by atoms with Crippen LogP contribution in [0.3, 0.4) is 0 Å². The van der Waals surface area contributed by atoms with Crippen LogP contribution in [0.4, 0.5) is 19.0 Å². The van der Waals surface area contributed by atoms with Crippen molar-refractivity contribution in [1.82, 2.24) is 29.4 Å². The number of aromatic amines is 1. The number of anilines is 1. The smallest absolute Gasteiger partial charge is 0.378 e. The minimum atomic E-state index is -4.51. The molecule has 2 fully saturated rings. The van der Waals surface area contributed by atoms with Gasteiger partial charge >= 0.3 is 6.18 Å². The Labute approximate surface area is 265 Å². The zero-order chi connectivity index (χ0) is 31.9. The predicted octanol–water partition coefficient (Wildman–Crippen LogP) is 6.88. The predicted molar refractivity (Wildman–Crippen MR) is 169 cm³/mol. The van der Waals surface area contributed by atoms with E-state index >= 15 is 0 Å². The Morgan fingerprint density at radius 2 is 1.91 bits per heavy atom. The first-order valence-corrected chi connectivity index (χ1v) is 16.1. The average Bonchev–Trinajstić information content (AvgIpc) is 3.40. The van der Waals surface area contributed by atoms with E-state index in [2.05, 4.69) is 60.8 Å². The summed E-state index contributed by atoms with van der Waals surface area (Å²) in [5, 5.41) is 4.21. The maximum atomic E-state index is 13.3. The van der Waals surface area contributed by atoms with Crippen LogP contribution >= 0.6 is 11.6 Å². The number of ether oxygens (including phenoxy) is 2. The van der Waals surface area contributed by atoms with Gasteiger partial charge in [0.05, 0.1) is 39.2 Å². The number of aryl methyl sites for hydroxylation is 1. The topological polar surface area (TPSA) is 93.1 Å². The zero-order valence-corrected chi connectivity index (χ0v) is 26.8. The molecule has 0 radical (unpaired) electrons. The summed E-state index contributed by atoms with van der Waals surface area (Å²) in [7, 11) is 3.51. The molecule has 3 heterocycles. The average molecular weight is 648 g/mol. The molecule has 6 rings (SSSR count). The van der Waals surface area contributed by atoms with Crippen LogP contribution in [-0.4, -0.2) is 81.0 Å². The van der Waals surface area contributed by atoms with Crippen LogP contribution in [0.1, 0.15) is 63.4 Å². The number of H-pyrrole nitrogens is 1. The van der Waals surface area contributed by atoms with Gasteiger partial charge in [0.25, 0.3) is 0 Å². The molecule has 244 valence electrons. The van der Waals surface area contributed by atoms with Gasteiger partial charge in [-0.1, -0.05) is 11.6 Å². The van der Waals surface area contributed by atoms with E-state index in [4.69, 9.17) is 21.1 Å². The highest BCUT2D eigenvalue weighted by molar-refractivity contribution is 6.32. The van der Waals surface area contributed by atoms with Crippen LogP contribution in [0, 0.1) is 5.92 Å². The van der Waals surface area contributed by atoms with Crippen LogP contribution in [0.2, 0.25) is 5.02 Å². The molecule has 2 aliphatic rings. The molecule has 2 saturated carbocycles. The van der Waals surface area contributed by atoms with E-state index in [1.807, 2.05) is 0 Å². The fraction of sp³-hybridized carbons (Fsp3) is 0.594. The maximum absolute atomic E-state index is 13.3. The molecule has 2 N–H and O–H groups in total. The van der Waals surface area contributed by atoms with Crippen molar-refractivity contribution >= 4 is 39.5 Å². The van der Waals surface area contributed by atoms with Crippen molar-refractivity contribution in [3.8, 4) is 0 Å². The van der Waals surface area contributed by atoms with Crippen molar-refractivity contribution in [2.75, 3.05) is 32.6 Å². The van der Waals surface area contributed by atoms with Gasteiger partial charge in [-0.2, -0.15) is 13.2 Å². The van der Waals surface area contributed by atoms with Crippen molar-refractivity contribution < 1.29 is 22.6 Å². The number of imidazole rings is 1. The molecule has 0 aliphatic heterocycles. The normalized spacial score (nSPS) is 22.4. The Bertz CT molecular complexity index is 1620. The fourth-order valence-electron chi connectivity index (χ4n) is 6.80. The van der Waals surface area contributed by atoms with Crippen molar-refractivity contribution in [1.29, 1.82) is 0 Å². The second kappa shape index (κ2) is 13.1. The summed E-state index contributed by atoms with van der Waals surface area (Å²) in [6.45, 7) is 6.15. The van der Waals surface area contributed by atoms with Crippen LogP contribution in [0.25, 0.3) is 22.1 Å². The van der Waals surface area contributed by atoms with E-state index in [0.29, 0.717) is 35.4 Å². The molecule has 2 aliphatic carbocycles. The summed E-state index contributed by atoms with van der Waals surface area (Å²) in [6, 6.07) is 5.30. The molecule has 0 bridgehead atoms. The van der Waals surface area contributed by atoms with Crippen molar-refractivity contribution in [2.45, 2.75) is 88.9 Å². The van der Waals surface area contributed by atoms with E-state index in [1.165, 1.54) is 18.9 Å². The third-order valence-electron chi connectivity index (χ3n) is 9.27. The summed E-state index contributed by atoms with van der Waals surface area (Å²) >= 11 is 5.88. The number of alkyl halides is 3. The third-order valence-corrected chi connectivity index (χ3v) is 9.59.